The Morgan fingerprint density at radius 3 is 2.47 bits per heavy atom. The summed E-state index contributed by atoms with van der Waals surface area (Å²) in [6.45, 7) is 0.0506. The van der Waals surface area contributed by atoms with Gasteiger partial charge in [0.15, 0.2) is 10.7 Å². The quantitative estimate of drug-likeness (QED) is 0.620. The number of aromatic nitrogens is 4. The van der Waals surface area contributed by atoms with Crippen LogP contribution in [0.1, 0.15) is 5.69 Å². The van der Waals surface area contributed by atoms with Crippen molar-refractivity contribution in [3.05, 3.63) is 30.6 Å². The van der Waals surface area contributed by atoms with Crippen LogP contribution in [0.4, 0.5) is 17.6 Å². The molecule has 4 rings (SSSR count). The van der Waals surface area contributed by atoms with Crippen molar-refractivity contribution in [2.24, 2.45) is 7.05 Å². The van der Waals surface area contributed by atoms with Gasteiger partial charge in [-0.2, -0.15) is 17.5 Å². The van der Waals surface area contributed by atoms with Crippen molar-refractivity contribution in [3.63, 3.8) is 0 Å². The fraction of sp³-hybridized carbons (Fsp3) is 0.562. The third kappa shape index (κ3) is 3.98. The minimum atomic E-state index is -4.68. The highest BCUT2D eigenvalue weighted by Gasteiger charge is 2.47. The van der Waals surface area contributed by atoms with E-state index in [1.165, 1.54) is 17.1 Å². The summed E-state index contributed by atoms with van der Waals surface area (Å²) in [7, 11) is -2.33. The van der Waals surface area contributed by atoms with Gasteiger partial charge < -0.3 is 9.30 Å². The lowest BCUT2D eigenvalue weighted by Gasteiger charge is -2.40. The lowest BCUT2D eigenvalue weighted by molar-refractivity contribution is -0.141. The molecule has 2 aliphatic rings. The zero-order chi connectivity index (χ0) is 21.7. The topological polar surface area (TPSA) is 93.5 Å². The SMILES string of the molecule is Cn1cnc(S(=O)(=O)N2C[C@@H](N3CC(F)C3)[C@H](Oc3cc(C(F)(F)F)ncn3)C2)c1. The second-order valence-electron chi connectivity index (χ2n) is 7.21. The highest BCUT2D eigenvalue weighted by atomic mass is 32.2. The van der Waals surface area contributed by atoms with Gasteiger partial charge in [0.05, 0.1) is 18.9 Å². The molecule has 0 aromatic carbocycles. The Morgan fingerprint density at radius 1 is 1.13 bits per heavy atom. The van der Waals surface area contributed by atoms with Crippen molar-refractivity contribution in [2.45, 2.75) is 29.5 Å². The summed E-state index contributed by atoms with van der Waals surface area (Å²) in [6.07, 6.45) is -3.14. The van der Waals surface area contributed by atoms with E-state index >= 15 is 0 Å². The van der Waals surface area contributed by atoms with Gasteiger partial charge >= 0.3 is 6.18 Å². The lowest BCUT2D eigenvalue weighted by Crippen LogP contribution is -2.58. The molecule has 0 amide bonds. The molecule has 0 spiro atoms. The summed E-state index contributed by atoms with van der Waals surface area (Å²) in [5.41, 5.74) is -1.17. The van der Waals surface area contributed by atoms with Crippen molar-refractivity contribution in [2.75, 3.05) is 26.2 Å². The maximum Gasteiger partial charge on any atom is 0.433 e. The molecule has 0 saturated carbocycles. The van der Waals surface area contributed by atoms with Gasteiger partial charge in [-0.1, -0.05) is 0 Å². The van der Waals surface area contributed by atoms with Crippen molar-refractivity contribution in [3.8, 4) is 5.88 Å². The van der Waals surface area contributed by atoms with Crippen LogP contribution in [0.15, 0.2) is 29.9 Å². The number of halogens is 4. The first-order valence-electron chi connectivity index (χ1n) is 8.96. The van der Waals surface area contributed by atoms with Gasteiger partial charge in [0.25, 0.3) is 10.0 Å². The lowest BCUT2D eigenvalue weighted by atomic mass is 10.1. The Hall–Kier alpha value is -2.32. The number of imidazole rings is 1. The van der Waals surface area contributed by atoms with Crippen LogP contribution in [-0.4, -0.2) is 81.6 Å². The van der Waals surface area contributed by atoms with Crippen LogP contribution in [0, 0.1) is 0 Å². The van der Waals surface area contributed by atoms with E-state index in [1.807, 2.05) is 0 Å². The van der Waals surface area contributed by atoms with E-state index in [2.05, 4.69) is 15.0 Å². The maximum absolute atomic E-state index is 13.4. The second kappa shape index (κ2) is 7.42. The number of likely N-dealkylation sites (tertiary alicyclic amines) is 1. The molecular formula is C16H18F4N6O3S. The highest BCUT2D eigenvalue weighted by Crippen LogP contribution is 2.31. The number of hydrogen-bond donors (Lipinski definition) is 0. The standard InChI is InChI=1S/C16H18F4N6O3S/c1-24-7-15(23-9-24)30(27,28)26-5-11(25-3-10(17)4-25)12(6-26)29-14-2-13(16(18,19)20)21-8-22-14/h2,7-12H,3-6H2,1H3/t11-,12-/m1/s1. The van der Waals surface area contributed by atoms with Crippen LogP contribution >= 0.6 is 0 Å². The van der Waals surface area contributed by atoms with Gasteiger partial charge in [0.1, 0.15) is 18.6 Å². The van der Waals surface area contributed by atoms with E-state index in [9.17, 15) is 26.0 Å². The summed E-state index contributed by atoms with van der Waals surface area (Å²) in [4.78, 5) is 12.5. The van der Waals surface area contributed by atoms with Crippen molar-refractivity contribution in [1.29, 1.82) is 0 Å². The number of hydrogen-bond acceptors (Lipinski definition) is 7. The normalized spacial score (nSPS) is 24.2. The van der Waals surface area contributed by atoms with Crippen LogP contribution in [-0.2, 0) is 23.2 Å². The van der Waals surface area contributed by atoms with E-state index < -0.39 is 40.2 Å². The number of aryl methyl sites for hydroxylation is 1. The first-order chi connectivity index (χ1) is 14.0. The van der Waals surface area contributed by atoms with Crippen molar-refractivity contribution in [1.82, 2.24) is 28.7 Å². The minimum absolute atomic E-state index is 0.00644. The average Bonchev–Trinajstić information content (AvgIpc) is 3.26. The van der Waals surface area contributed by atoms with E-state index in [4.69, 9.17) is 4.74 Å². The van der Waals surface area contributed by atoms with E-state index in [1.54, 1.807) is 11.9 Å². The molecule has 0 bridgehead atoms. The maximum atomic E-state index is 13.4. The summed E-state index contributed by atoms with van der Waals surface area (Å²) in [6, 6.07) is 0.112. The number of nitrogens with zero attached hydrogens (tertiary/aromatic N) is 6. The zero-order valence-corrected chi connectivity index (χ0v) is 16.5. The smallest absolute Gasteiger partial charge is 0.433 e. The molecule has 0 unspecified atom stereocenters. The number of alkyl halides is 4. The van der Waals surface area contributed by atoms with Crippen LogP contribution in [0.2, 0.25) is 0 Å². The molecule has 164 valence electrons. The summed E-state index contributed by atoms with van der Waals surface area (Å²) < 4.78 is 86.2. The van der Waals surface area contributed by atoms with Gasteiger partial charge in [-0.3, -0.25) is 4.90 Å². The largest absolute Gasteiger partial charge is 0.471 e. The Bertz CT molecular complexity index is 1020. The average molecular weight is 450 g/mol. The Balaban J connectivity index is 1.58. The predicted octanol–water partition coefficient (Wildman–Crippen LogP) is 0.703. The zero-order valence-electron chi connectivity index (χ0n) is 15.7. The number of ether oxygens (including phenoxy) is 1. The predicted molar refractivity (Wildman–Crippen MR) is 93.7 cm³/mol. The fourth-order valence-corrected chi connectivity index (χ4v) is 4.92. The third-order valence-electron chi connectivity index (χ3n) is 5.03. The number of rotatable bonds is 5. The molecule has 14 heteroatoms. The number of sulfonamides is 1. The Labute approximate surface area is 169 Å². The van der Waals surface area contributed by atoms with Crippen molar-refractivity contribution < 1.29 is 30.7 Å². The van der Waals surface area contributed by atoms with E-state index in [0.29, 0.717) is 6.07 Å². The molecule has 2 atom stereocenters. The van der Waals surface area contributed by atoms with Crippen LogP contribution in [0.25, 0.3) is 0 Å². The molecular weight excluding hydrogens is 432 g/mol. The van der Waals surface area contributed by atoms with Gasteiger partial charge in [0, 0.05) is 38.9 Å². The van der Waals surface area contributed by atoms with Crippen molar-refractivity contribution >= 4 is 10.0 Å². The van der Waals surface area contributed by atoms with Gasteiger partial charge in [-0.05, 0) is 0 Å². The molecule has 2 fully saturated rings. The molecule has 4 heterocycles. The molecule has 0 aliphatic carbocycles. The monoisotopic (exact) mass is 450 g/mol. The van der Waals surface area contributed by atoms with Crippen LogP contribution < -0.4 is 4.74 Å². The second-order valence-corrected chi connectivity index (χ2v) is 9.10. The molecule has 2 aromatic heterocycles. The molecule has 30 heavy (non-hydrogen) atoms. The van der Waals surface area contributed by atoms with E-state index in [-0.39, 0.29) is 37.1 Å². The first-order valence-corrected chi connectivity index (χ1v) is 10.4. The summed E-state index contributed by atoms with van der Waals surface area (Å²) in [5, 5.41) is -0.155. The highest BCUT2D eigenvalue weighted by molar-refractivity contribution is 7.89. The molecule has 9 nitrogen and oxygen atoms in total. The molecule has 0 N–H and O–H groups in total. The minimum Gasteiger partial charge on any atom is -0.471 e. The fourth-order valence-electron chi connectivity index (χ4n) is 3.48. The molecule has 2 aliphatic heterocycles. The summed E-state index contributed by atoms with van der Waals surface area (Å²) in [5.74, 6) is -0.332. The summed E-state index contributed by atoms with van der Waals surface area (Å²) >= 11 is 0. The molecule has 0 radical (unpaired) electrons. The molecule has 2 aromatic rings. The van der Waals surface area contributed by atoms with Gasteiger partial charge in [-0.15, -0.1) is 0 Å². The van der Waals surface area contributed by atoms with Gasteiger partial charge in [0.2, 0.25) is 5.88 Å². The van der Waals surface area contributed by atoms with Crippen LogP contribution in [0.5, 0.6) is 5.88 Å². The molecule has 2 saturated heterocycles. The Kier molecular flexibility index (Phi) is 5.18. The Morgan fingerprint density at radius 2 is 1.87 bits per heavy atom. The van der Waals surface area contributed by atoms with Crippen LogP contribution in [0.3, 0.4) is 0 Å². The first kappa shape index (κ1) is 20.9. The van der Waals surface area contributed by atoms with Gasteiger partial charge in [-0.25, -0.2) is 27.8 Å². The third-order valence-corrected chi connectivity index (χ3v) is 6.74. The van der Waals surface area contributed by atoms with E-state index in [0.717, 1.165) is 10.6 Å².